The molecular formula is C25H29FN4O2. The van der Waals surface area contributed by atoms with Gasteiger partial charge in [-0.1, -0.05) is 12.1 Å². The second-order valence-corrected chi connectivity index (χ2v) is 8.68. The number of methoxy groups -OCH3 is 1. The number of pyridine rings is 2. The lowest BCUT2D eigenvalue weighted by atomic mass is 10.1. The van der Waals surface area contributed by atoms with Gasteiger partial charge in [0.05, 0.1) is 30.9 Å². The van der Waals surface area contributed by atoms with Gasteiger partial charge in [0.1, 0.15) is 11.6 Å². The van der Waals surface area contributed by atoms with Gasteiger partial charge in [-0.05, 0) is 55.1 Å². The lowest BCUT2D eigenvalue weighted by Crippen LogP contribution is -2.27. The molecule has 0 radical (unpaired) electrons. The predicted molar refractivity (Wildman–Crippen MR) is 122 cm³/mol. The third kappa shape index (κ3) is 4.54. The molecule has 1 N–H and O–H groups in total. The van der Waals surface area contributed by atoms with Crippen LogP contribution in [0.25, 0.3) is 11.0 Å². The summed E-state index contributed by atoms with van der Waals surface area (Å²) in [6, 6.07) is 10.1. The molecule has 0 aliphatic carbocycles. The van der Waals surface area contributed by atoms with Crippen molar-refractivity contribution in [1.82, 2.24) is 20.2 Å². The van der Waals surface area contributed by atoms with Gasteiger partial charge in [-0.25, -0.2) is 9.37 Å². The molecule has 0 amide bonds. The zero-order valence-corrected chi connectivity index (χ0v) is 18.4. The number of fused-ring (bicyclic) bond motifs is 2. The molecule has 1 saturated heterocycles. The monoisotopic (exact) mass is 436 g/mol. The predicted octanol–water partition coefficient (Wildman–Crippen LogP) is 3.37. The highest BCUT2D eigenvalue weighted by Gasteiger charge is 2.23. The molecule has 0 unspecified atom stereocenters. The molecule has 5 rings (SSSR count). The number of ether oxygens (including phenoxy) is 2. The SMILES string of the molecule is COc1ccc2ncc(F)c(CCN3CC[C@@H](CNCc4ccc5c(c4)CCO5)C3)c2n1. The average Bonchev–Trinajstić information content (AvgIpc) is 3.47. The minimum absolute atomic E-state index is 0.296. The minimum atomic E-state index is -0.296. The number of nitrogens with one attached hydrogen (secondary N) is 1. The zero-order valence-electron chi connectivity index (χ0n) is 18.4. The summed E-state index contributed by atoms with van der Waals surface area (Å²) in [5.74, 6) is 1.84. The Morgan fingerprint density at radius 1 is 1.28 bits per heavy atom. The summed E-state index contributed by atoms with van der Waals surface area (Å²) in [6.45, 7) is 5.57. The third-order valence-corrected chi connectivity index (χ3v) is 6.51. The number of hydrogen-bond donors (Lipinski definition) is 1. The second-order valence-electron chi connectivity index (χ2n) is 8.68. The number of nitrogens with zero attached hydrogens (tertiary/aromatic N) is 3. The first-order valence-corrected chi connectivity index (χ1v) is 11.4. The second kappa shape index (κ2) is 9.38. The number of hydrogen-bond acceptors (Lipinski definition) is 6. The molecule has 168 valence electrons. The molecule has 1 atom stereocenters. The molecule has 0 bridgehead atoms. The van der Waals surface area contributed by atoms with Gasteiger partial charge in [-0.15, -0.1) is 0 Å². The van der Waals surface area contributed by atoms with Crippen LogP contribution in [-0.4, -0.2) is 54.8 Å². The first-order chi connectivity index (χ1) is 15.7. The third-order valence-electron chi connectivity index (χ3n) is 6.51. The Balaban J connectivity index is 1.13. The van der Waals surface area contributed by atoms with Crippen LogP contribution >= 0.6 is 0 Å². The first-order valence-electron chi connectivity index (χ1n) is 11.4. The number of benzene rings is 1. The highest BCUT2D eigenvalue weighted by atomic mass is 19.1. The van der Waals surface area contributed by atoms with Crippen molar-refractivity contribution in [2.75, 3.05) is 39.9 Å². The smallest absolute Gasteiger partial charge is 0.213 e. The molecule has 1 aromatic carbocycles. The quantitative estimate of drug-likeness (QED) is 0.584. The normalized spacial score (nSPS) is 18.1. The van der Waals surface area contributed by atoms with E-state index in [1.807, 2.05) is 6.07 Å². The van der Waals surface area contributed by atoms with Crippen LogP contribution in [0.1, 0.15) is 23.1 Å². The summed E-state index contributed by atoms with van der Waals surface area (Å²) < 4.78 is 25.3. The molecule has 3 aromatic rings. The van der Waals surface area contributed by atoms with Gasteiger partial charge in [0, 0.05) is 37.7 Å². The fraction of sp³-hybridized carbons (Fsp3) is 0.440. The van der Waals surface area contributed by atoms with E-state index in [4.69, 9.17) is 9.47 Å². The maximum atomic E-state index is 14.5. The Labute approximate surface area is 187 Å². The van der Waals surface area contributed by atoms with Crippen molar-refractivity contribution in [3.63, 3.8) is 0 Å². The van der Waals surface area contributed by atoms with Crippen LogP contribution in [0.5, 0.6) is 11.6 Å². The highest BCUT2D eigenvalue weighted by molar-refractivity contribution is 5.78. The number of rotatable bonds is 8. The van der Waals surface area contributed by atoms with Crippen LogP contribution in [0.15, 0.2) is 36.5 Å². The number of likely N-dealkylation sites (tertiary alicyclic amines) is 1. The lowest BCUT2D eigenvalue weighted by molar-refractivity contribution is 0.324. The molecule has 4 heterocycles. The fourth-order valence-corrected chi connectivity index (χ4v) is 4.75. The lowest BCUT2D eigenvalue weighted by Gasteiger charge is -2.17. The van der Waals surface area contributed by atoms with Crippen LogP contribution < -0.4 is 14.8 Å². The van der Waals surface area contributed by atoms with Crippen molar-refractivity contribution in [3.05, 3.63) is 59.0 Å². The van der Waals surface area contributed by atoms with E-state index in [2.05, 4.69) is 38.4 Å². The number of aromatic nitrogens is 2. The molecule has 2 aliphatic rings. The molecule has 2 aliphatic heterocycles. The Bertz CT molecular complexity index is 1110. The maximum Gasteiger partial charge on any atom is 0.213 e. The van der Waals surface area contributed by atoms with Gasteiger partial charge in [-0.3, -0.25) is 4.98 Å². The van der Waals surface area contributed by atoms with E-state index in [1.165, 1.54) is 17.3 Å². The van der Waals surface area contributed by atoms with E-state index in [9.17, 15) is 4.39 Å². The topological polar surface area (TPSA) is 59.5 Å². The van der Waals surface area contributed by atoms with Gasteiger partial charge in [0.25, 0.3) is 0 Å². The van der Waals surface area contributed by atoms with Gasteiger partial charge < -0.3 is 19.7 Å². The molecule has 2 aromatic heterocycles. The fourth-order valence-electron chi connectivity index (χ4n) is 4.75. The van der Waals surface area contributed by atoms with Crippen molar-refractivity contribution < 1.29 is 13.9 Å². The van der Waals surface area contributed by atoms with Crippen molar-refractivity contribution in [2.24, 2.45) is 5.92 Å². The van der Waals surface area contributed by atoms with Crippen molar-refractivity contribution in [1.29, 1.82) is 0 Å². The van der Waals surface area contributed by atoms with Crippen molar-refractivity contribution in [3.8, 4) is 11.6 Å². The van der Waals surface area contributed by atoms with Crippen LogP contribution in [0, 0.1) is 11.7 Å². The Morgan fingerprint density at radius 3 is 3.12 bits per heavy atom. The molecule has 0 spiro atoms. The van der Waals surface area contributed by atoms with Gasteiger partial charge in [0.2, 0.25) is 5.88 Å². The zero-order chi connectivity index (χ0) is 21.9. The first kappa shape index (κ1) is 21.1. The van der Waals surface area contributed by atoms with E-state index in [-0.39, 0.29) is 5.82 Å². The highest BCUT2D eigenvalue weighted by Crippen LogP contribution is 2.26. The molecule has 1 fully saturated rings. The van der Waals surface area contributed by atoms with E-state index < -0.39 is 0 Å². The minimum Gasteiger partial charge on any atom is -0.493 e. The maximum absolute atomic E-state index is 14.5. The van der Waals surface area contributed by atoms with Gasteiger partial charge >= 0.3 is 0 Å². The van der Waals surface area contributed by atoms with Crippen molar-refractivity contribution >= 4 is 11.0 Å². The summed E-state index contributed by atoms with van der Waals surface area (Å²) in [5.41, 5.74) is 4.55. The molecule has 0 saturated carbocycles. The molecule has 7 heteroatoms. The largest absolute Gasteiger partial charge is 0.493 e. The summed E-state index contributed by atoms with van der Waals surface area (Å²) in [4.78, 5) is 11.0. The van der Waals surface area contributed by atoms with E-state index in [0.29, 0.717) is 34.8 Å². The summed E-state index contributed by atoms with van der Waals surface area (Å²) in [5, 5.41) is 3.62. The Kier molecular flexibility index (Phi) is 6.19. The van der Waals surface area contributed by atoms with E-state index in [0.717, 1.165) is 57.9 Å². The van der Waals surface area contributed by atoms with Crippen LogP contribution in [0.2, 0.25) is 0 Å². The molecular weight excluding hydrogens is 407 g/mol. The van der Waals surface area contributed by atoms with Gasteiger partial charge in [-0.2, -0.15) is 0 Å². The average molecular weight is 437 g/mol. The summed E-state index contributed by atoms with van der Waals surface area (Å²) >= 11 is 0. The summed E-state index contributed by atoms with van der Waals surface area (Å²) in [7, 11) is 1.57. The Hall–Kier alpha value is -2.77. The summed E-state index contributed by atoms with van der Waals surface area (Å²) in [6.07, 6.45) is 4.09. The number of halogens is 1. The van der Waals surface area contributed by atoms with Gasteiger partial charge in [0.15, 0.2) is 0 Å². The molecule has 32 heavy (non-hydrogen) atoms. The van der Waals surface area contributed by atoms with Crippen molar-refractivity contribution in [2.45, 2.75) is 25.8 Å². The standard InChI is InChI=1S/C25H29FN4O2/c1-31-24-5-3-22-25(29-24)20(21(26)15-28-22)7-10-30-9-6-18(16-30)14-27-13-17-2-4-23-19(12-17)8-11-32-23/h2-5,12,15,18,27H,6-11,13-14,16H2,1H3/t18-/m0/s1. The van der Waals surface area contributed by atoms with E-state index in [1.54, 1.807) is 13.2 Å². The van der Waals surface area contributed by atoms with E-state index >= 15 is 0 Å². The van der Waals surface area contributed by atoms with Crippen LogP contribution in [0.4, 0.5) is 4.39 Å². The molecule has 6 nitrogen and oxygen atoms in total. The van der Waals surface area contributed by atoms with Crippen LogP contribution in [-0.2, 0) is 19.4 Å². The van der Waals surface area contributed by atoms with Crippen LogP contribution in [0.3, 0.4) is 0 Å². The Morgan fingerprint density at radius 2 is 2.22 bits per heavy atom.